The number of carbonyl (C=O) groups is 1. The van der Waals surface area contributed by atoms with Gasteiger partial charge >= 0.3 is 0 Å². The van der Waals surface area contributed by atoms with Crippen molar-refractivity contribution in [3.8, 4) is 5.88 Å². The second-order valence-corrected chi connectivity index (χ2v) is 9.00. The molecule has 0 N–H and O–H groups in total. The predicted octanol–water partition coefficient (Wildman–Crippen LogP) is 4.79. The van der Waals surface area contributed by atoms with Crippen molar-refractivity contribution >= 4 is 39.1 Å². The fourth-order valence-electron chi connectivity index (χ4n) is 3.48. The molecule has 0 unspecified atom stereocenters. The van der Waals surface area contributed by atoms with E-state index in [-0.39, 0.29) is 5.78 Å². The molecule has 3 aromatic rings. The summed E-state index contributed by atoms with van der Waals surface area (Å²) in [4.78, 5) is 19.0. The van der Waals surface area contributed by atoms with Crippen LogP contribution < -0.4 is 4.74 Å². The first kappa shape index (κ1) is 17.6. The zero-order chi connectivity index (χ0) is 18.1. The Hall–Kier alpha value is -1.79. The number of aromatic nitrogens is 2. The lowest BCUT2D eigenvalue weighted by Crippen LogP contribution is -2.16. The zero-order valence-corrected chi connectivity index (χ0v) is 16.7. The summed E-state index contributed by atoms with van der Waals surface area (Å²) in [5.41, 5.74) is 1.89. The lowest BCUT2D eigenvalue weighted by molar-refractivity contribution is 0.104. The highest BCUT2D eigenvalue weighted by molar-refractivity contribution is 7.99. The molecule has 3 aromatic heterocycles. The molecule has 6 heteroatoms. The first-order valence-corrected chi connectivity index (χ1v) is 10.8. The monoisotopic (exact) mass is 386 g/mol. The molecule has 0 saturated carbocycles. The Labute approximate surface area is 161 Å². The molecule has 136 valence electrons. The van der Waals surface area contributed by atoms with E-state index < -0.39 is 0 Å². The maximum absolute atomic E-state index is 12.8. The van der Waals surface area contributed by atoms with Gasteiger partial charge in [-0.1, -0.05) is 0 Å². The predicted molar refractivity (Wildman–Crippen MR) is 109 cm³/mol. The van der Waals surface area contributed by atoms with Gasteiger partial charge < -0.3 is 9.30 Å². The standard InChI is InChI=1S/C20H22N2O2S2/c1-13-9-16-10-17(19(23)15-3-4-18(24-2)21-11-15)26-20(16)22(13)12-14-5-7-25-8-6-14/h3-4,9-11,14H,5-8,12H2,1-2H3. The number of hydrogen-bond donors (Lipinski definition) is 0. The molecule has 0 aromatic carbocycles. The molecule has 1 aliphatic heterocycles. The van der Waals surface area contributed by atoms with Crippen molar-refractivity contribution in [3.63, 3.8) is 0 Å². The number of pyridine rings is 1. The van der Waals surface area contributed by atoms with Gasteiger partial charge in [-0.2, -0.15) is 11.8 Å². The van der Waals surface area contributed by atoms with E-state index in [9.17, 15) is 4.79 Å². The smallest absolute Gasteiger partial charge is 0.212 e. The SMILES string of the molecule is COc1ccc(C(=O)c2cc3cc(C)n(CC4CCSCC4)c3s2)cn1. The molecule has 4 nitrogen and oxygen atoms in total. The van der Waals surface area contributed by atoms with Gasteiger partial charge in [0.25, 0.3) is 0 Å². The second kappa shape index (κ2) is 7.45. The van der Waals surface area contributed by atoms with Gasteiger partial charge in [-0.25, -0.2) is 4.98 Å². The minimum Gasteiger partial charge on any atom is -0.481 e. The Morgan fingerprint density at radius 2 is 2.12 bits per heavy atom. The summed E-state index contributed by atoms with van der Waals surface area (Å²) in [5, 5.41) is 1.17. The Morgan fingerprint density at radius 1 is 1.31 bits per heavy atom. The van der Waals surface area contributed by atoms with Crippen molar-refractivity contribution in [2.75, 3.05) is 18.6 Å². The van der Waals surface area contributed by atoms with Gasteiger partial charge in [0, 0.05) is 35.5 Å². The minimum atomic E-state index is 0.0274. The van der Waals surface area contributed by atoms with Crippen molar-refractivity contribution in [2.24, 2.45) is 5.92 Å². The molecule has 4 rings (SSSR count). The van der Waals surface area contributed by atoms with Crippen LogP contribution in [-0.2, 0) is 6.54 Å². The highest BCUT2D eigenvalue weighted by Gasteiger charge is 2.20. The van der Waals surface area contributed by atoms with E-state index in [1.54, 1.807) is 36.8 Å². The second-order valence-electron chi connectivity index (χ2n) is 6.74. The van der Waals surface area contributed by atoms with Crippen molar-refractivity contribution in [2.45, 2.75) is 26.3 Å². The Balaban J connectivity index is 1.61. The third-order valence-corrected chi connectivity index (χ3v) is 7.21. The number of aryl methyl sites for hydroxylation is 1. The van der Waals surface area contributed by atoms with Crippen LogP contribution in [0.1, 0.15) is 33.8 Å². The highest BCUT2D eigenvalue weighted by Crippen LogP contribution is 2.33. The van der Waals surface area contributed by atoms with Crippen LogP contribution in [0.3, 0.4) is 0 Å². The number of thioether (sulfide) groups is 1. The lowest BCUT2D eigenvalue weighted by Gasteiger charge is -2.22. The third-order valence-electron chi connectivity index (χ3n) is 4.99. The first-order valence-electron chi connectivity index (χ1n) is 8.88. The van der Waals surface area contributed by atoms with Crippen molar-refractivity contribution in [1.29, 1.82) is 0 Å². The largest absolute Gasteiger partial charge is 0.481 e. The number of hydrogen-bond acceptors (Lipinski definition) is 5. The number of ketones is 1. The summed E-state index contributed by atoms with van der Waals surface area (Å²) < 4.78 is 7.47. The Bertz CT molecular complexity index is 921. The molecule has 0 atom stereocenters. The van der Waals surface area contributed by atoms with Gasteiger partial charge in [-0.05, 0) is 55.4 Å². The maximum Gasteiger partial charge on any atom is 0.212 e. The van der Waals surface area contributed by atoms with Gasteiger partial charge in [-0.3, -0.25) is 4.79 Å². The minimum absolute atomic E-state index is 0.0274. The van der Waals surface area contributed by atoms with E-state index in [4.69, 9.17) is 4.74 Å². The number of ether oxygens (including phenoxy) is 1. The number of thiophene rings is 1. The van der Waals surface area contributed by atoms with Crippen LogP contribution in [0, 0.1) is 12.8 Å². The van der Waals surface area contributed by atoms with Crippen LogP contribution in [-0.4, -0.2) is 33.9 Å². The van der Waals surface area contributed by atoms with Gasteiger partial charge in [-0.15, -0.1) is 11.3 Å². The topological polar surface area (TPSA) is 44.1 Å². The molecule has 0 bridgehead atoms. The normalized spacial score (nSPS) is 15.5. The van der Waals surface area contributed by atoms with E-state index in [0.717, 1.165) is 17.3 Å². The molecular weight excluding hydrogens is 364 g/mol. The van der Waals surface area contributed by atoms with E-state index in [1.807, 2.05) is 6.07 Å². The molecule has 0 amide bonds. The van der Waals surface area contributed by atoms with E-state index >= 15 is 0 Å². The molecule has 1 aliphatic rings. The molecular formula is C20H22N2O2S2. The van der Waals surface area contributed by atoms with Gasteiger partial charge in [0.2, 0.25) is 11.7 Å². The van der Waals surface area contributed by atoms with Crippen LogP contribution >= 0.6 is 23.1 Å². The number of methoxy groups -OCH3 is 1. The van der Waals surface area contributed by atoms with Crippen LogP contribution in [0.2, 0.25) is 0 Å². The fourth-order valence-corrected chi connectivity index (χ4v) is 5.85. The van der Waals surface area contributed by atoms with Gasteiger partial charge in [0.05, 0.1) is 12.0 Å². The summed E-state index contributed by atoms with van der Waals surface area (Å²) in [6.07, 6.45) is 4.17. The molecule has 26 heavy (non-hydrogen) atoms. The van der Waals surface area contributed by atoms with Gasteiger partial charge in [0.1, 0.15) is 4.83 Å². The summed E-state index contributed by atoms with van der Waals surface area (Å²) in [7, 11) is 1.57. The molecule has 1 fully saturated rings. The number of rotatable bonds is 5. The summed E-state index contributed by atoms with van der Waals surface area (Å²) in [6, 6.07) is 7.72. The average Bonchev–Trinajstić information content (AvgIpc) is 3.21. The number of carbonyl (C=O) groups excluding carboxylic acids is 1. The van der Waals surface area contributed by atoms with Crippen LogP contribution in [0.25, 0.3) is 10.2 Å². The lowest BCUT2D eigenvalue weighted by atomic mass is 10.0. The van der Waals surface area contributed by atoms with Gasteiger partial charge in [0.15, 0.2) is 0 Å². The van der Waals surface area contributed by atoms with Crippen LogP contribution in [0.4, 0.5) is 0 Å². The average molecular weight is 387 g/mol. The third kappa shape index (κ3) is 3.40. The van der Waals surface area contributed by atoms with E-state index in [0.29, 0.717) is 11.4 Å². The number of fused-ring (bicyclic) bond motifs is 1. The van der Waals surface area contributed by atoms with Crippen molar-refractivity contribution in [1.82, 2.24) is 9.55 Å². The van der Waals surface area contributed by atoms with Crippen LogP contribution in [0.15, 0.2) is 30.5 Å². The van der Waals surface area contributed by atoms with Crippen LogP contribution in [0.5, 0.6) is 5.88 Å². The highest BCUT2D eigenvalue weighted by atomic mass is 32.2. The Morgan fingerprint density at radius 3 is 2.81 bits per heavy atom. The molecule has 4 heterocycles. The molecule has 0 radical (unpaired) electrons. The van der Waals surface area contributed by atoms with Crippen molar-refractivity contribution < 1.29 is 9.53 Å². The summed E-state index contributed by atoms with van der Waals surface area (Å²) in [6.45, 7) is 3.23. The summed E-state index contributed by atoms with van der Waals surface area (Å²) in [5.74, 6) is 3.84. The fraction of sp³-hybridized carbons (Fsp3) is 0.400. The molecule has 0 aliphatic carbocycles. The number of nitrogens with zero attached hydrogens (tertiary/aromatic N) is 2. The molecule has 0 spiro atoms. The van der Waals surface area contributed by atoms with Crippen molar-refractivity contribution in [3.05, 3.63) is 46.6 Å². The quantitative estimate of drug-likeness (QED) is 0.592. The Kier molecular flexibility index (Phi) is 5.05. The first-order chi connectivity index (χ1) is 12.7. The maximum atomic E-state index is 12.8. The molecule has 1 saturated heterocycles. The van der Waals surface area contributed by atoms with E-state index in [2.05, 4.69) is 34.3 Å². The zero-order valence-electron chi connectivity index (χ0n) is 15.0. The summed E-state index contributed by atoms with van der Waals surface area (Å²) >= 11 is 3.66. The van der Waals surface area contributed by atoms with E-state index in [1.165, 1.54) is 40.3 Å².